The van der Waals surface area contributed by atoms with Crippen molar-refractivity contribution in [2.75, 3.05) is 31.1 Å². The van der Waals surface area contributed by atoms with Crippen LogP contribution in [-0.2, 0) is 9.53 Å². The monoisotopic (exact) mass is 303 g/mol. The van der Waals surface area contributed by atoms with E-state index in [0.717, 1.165) is 32.5 Å². The summed E-state index contributed by atoms with van der Waals surface area (Å²) in [5.41, 5.74) is 1.27. The highest BCUT2D eigenvalue weighted by Crippen LogP contribution is 2.19. The predicted molar refractivity (Wildman–Crippen MR) is 87.0 cm³/mol. The summed E-state index contributed by atoms with van der Waals surface area (Å²) in [7, 11) is 0. The lowest BCUT2D eigenvalue weighted by Crippen LogP contribution is -2.58. The summed E-state index contributed by atoms with van der Waals surface area (Å²) in [6.07, 6.45) is 1.92. The summed E-state index contributed by atoms with van der Waals surface area (Å²) in [6, 6.07) is 10.5. The first kappa shape index (κ1) is 15.3. The van der Waals surface area contributed by atoms with Crippen LogP contribution in [0.5, 0.6) is 0 Å². The van der Waals surface area contributed by atoms with Gasteiger partial charge in [-0.1, -0.05) is 18.2 Å². The molecule has 2 aliphatic heterocycles. The minimum Gasteiger partial charge on any atom is -0.375 e. The van der Waals surface area contributed by atoms with Gasteiger partial charge in [0.25, 0.3) is 0 Å². The van der Waals surface area contributed by atoms with Crippen LogP contribution in [0.4, 0.5) is 5.69 Å². The summed E-state index contributed by atoms with van der Waals surface area (Å²) in [5, 5.41) is 6.43. The third kappa shape index (κ3) is 3.59. The summed E-state index contributed by atoms with van der Waals surface area (Å²) in [6.45, 7) is 5.35. The number of anilines is 1. The number of hydrogen-bond donors (Lipinski definition) is 2. The number of carbonyl (C=O) groups excluding carboxylic acids is 1. The fraction of sp³-hybridized carbons (Fsp3) is 0.588. The zero-order valence-corrected chi connectivity index (χ0v) is 13.1. The highest BCUT2D eigenvalue weighted by molar-refractivity contribution is 5.82. The van der Waals surface area contributed by atoms with Gasteiger partial charge in [-0.15, -0.1) is 0 Å². The number of nitrogens with one attached hydrogen (secondary N) is 2. The summed E-state index contributed by atoms with van der Waals surface area (Å²) in [5.74, 6) is 0.0744. The number of piperidine rings is 1. The van der Waals surface area contributed by atoms with Crippen molar-refractivity contribution < 1.29 is 9.53 Å². The fourth-order valence-electron chi connectivity index (χ4n) is 3.24. The second-order valence-electron chi connectivity index (χ2n) is 6.11. The van der Waals surface area contributed by atoms with Gasteiger partial charge in [0.05, 0.1) is 12.7 Å². The number of amides is 1. The Hall–Kier alpha value is -1.59. The van der Waals surface area contributed by atoms with Crippen LogP contribution in [0.15, 0.2) is 30.3 Å². The maximum Gasteiger partial charge on any atom is 0.240 e. The van der Waals surface area contributed by atoms with Gasteiger partial charge < -0.3 is 20.3 Å². The average Bonchev–Trinajstić information content (AvgIpc) is 2.57. The molecule has 0 bridgehead atoms. The number of benzene rings is 1. The van der Waals surface area contributed by atoms with Crippen LogP contribution in [0.3, 0.4) is 0 Å². The first-order valence-electron chi connectivity index (χ1n) is 8.19. The molecule has 0 aromatic heterocycles. The molecule has 2 atom stereocenters. The van der Waals surface area contributed by atoms with Gasteiger partial charge in [0.2, 0.25) is 5.91 Å². The second-order valence-corrected chi connectivity index (χ2v) is 6.11. The van der Waals surface area contributed by atoms with Crippen LogP contribution in [0.2, 0.25) is 0 Å². The van der Waals surface area contributed by atoms with E-state index in [-0.39, 0.29) is 24.1 Å². The van der Waals surface area contributed by atoms with Crippen LogP contribution in [0, 0.1) is 0 Å². The molecule has 0 spiro atoms. The predicted octanol–water partition coefficient (Wildman–Crippen LogP) is 1.15. The van der Waals surface area contributed by atoms with Crippen LogP contribution in [0.25, 0.3) is 0 Å². The quantitative estimate of drug-likeness (QED) is 0.879. The maximum absolute atomic E-state index is 12.4. The van der Waals surface area contributed by atoms with E-state index < -0.39 is 0 Å². The van der Waals surface area contributed by atoms with E-state index >= 15 is 0 Å². The zero-order valence-electron chi connectivity index (χ0n) is 13.1. The fourth-order valence-corrected chi connectivity index (χ4v) is 3.24. The molecule has 120 valence electrons. The largest absolute Gasteiger partial charge is 0.375 e. The molecule has 0 aliphatic carbocycles. The first-order chi connectivity index (χ1) is 10.7. The zero-order chi connectivity index (χ0) is 15.4. The second kappa shape index (κ2) is 7.11. The molecular weight excluding hydrogens is 278 g/mol. The number of para-hydroxylation sites is 1. The Kier molecular flexibility index (Phi) is 4.95. The lowest BCUT2D eigenvalue weighted by atomic mass is 10.0. The van der Waals surface area contributed by atoms with Crippen molar-refractivity contribution in [3.63, 3.8) is 0 Å². The molecule has 2 heterocycles. The van der Waals surface area contributed by atoms with Crippen LogP contribution in [0.1, 0.15) is 19.8 Å². The molecule has 0 unspecified atom stereocenters. The van der Waals surface area contributed by atoms with Crippen molar-refractivity contribution >= 4 is 11.6 Å². The molecule has 2 aliphatic rings. The number of hydrogen-bond acceptors (Lipinski definition) is 4. The third-order valence-electron chi connectivity index (χ3n) is 4.56. The van der Waals surface area contributed by atoms with Crippen molar-refractivity contribution in [3.05, 3.63) is 30.3 Å². The molecule has 22 heavy (non-hydrogen) atoms. The van der Waals surface area contributed by atoms with Gasteiger partial charge in [-0.25, -0.2) is 0 Å². The minimum absolute atomic E-state index is 0.0573. The number of rotatable bonds is 3. The lowest BCUT2D eigenvalue weighted by molar-refractivity contribution is -0.129. The van der Waals surface area contributed by atoms with Gasteiger partial charge in [-0.2, -0.15) is 0 Å². The molecule has 2 N–H and O–H groups in total. The number of ether oxygens (including phenoxy) is 1. The van der Waals surface area contributed by atoms with Crippen LogP contribution < -0.4 is 15.5 Å². The molecule has 5 nitrogen and oxygen atoms in total. The van der Waals surface area contributed by atoms with E-state index in [9.17, 15) is 4.79 Å². The summed E-state index contributed by atoms with van der Waals surface area (Å²) >= 11 is 0. The Morgan fingerprint density at radius 2 is 2.00 bits per heavy atom. The number of morpholine rings is 1. The molecule has 2 fully saturated rings. The highest BCUT2D eigenvalue weighted by atomic mass is 16.5. The van der Waals surface area contributed by atoms with Crippen LogP contribution in [-0.4, -0.2) is 50.3 Å². The maximum atomic E-state index is 12.4. The Morgan fingerprint density at radius 3 is 2.68 bits per heavy atom. The van der Waals surface area contributed by atoms with E-state index in [0.29, 0.717) is 6.61 Å². The Bertz CT molecular complexity index is 486. The third-order valence-corrected chi connectivity index (χ3v) is 4.56. The van der Waals surface area contributed by atoms with E-state index in [1.165, 1.54) is 5.69 Å². The van der Waals surface area contributed by atoms with E-state index in [4.69, 9.17) is 4.74 Å². The van der Waals surface area contributed by atoms with Crippen molar-refractivity contribution in [2.24, 2.45) is 0 Å². The molecule has 1 aromatic rings. The lowest BCUT2D eigenvalue weighted by Gasteiger charge is -2.36. The molecule has 1 amide bonds. The normalized spacial score (nSPS) is 26.7. The molecule has 3 rings (SSSR count). The molecular formula is C17H25N3O2. The standard InChI is InChI=1S/C17H25N3O2/c1-13-16(18-9-12-22-13)17(21)19-14-7-10-20(11-8-14)15-5-3-2-4-6-15/h2-6,13-14,16,18H,7-12H2,1H3,(H,19,21)/t13-,16+/m1/s1. The Morgan fingerprint density at radius 1 is 1.27 bits per heavy atom. The van der Waals surface area contributed by atoms with E-state index in [2.05, 4.69) is 39.8 Å². The van der Waals surface area contributed by atoms with Gasteiger partial charge in [-0.05, 0) is 31.9 Å². The van der Waals surface area contributed by atoms with Crippen molar-refractivity contribution in [1.82, 2.24) is 10.6 Å². The molecule has 0 saturated carbocycles. The number of nitrogens with zero attached hydrogens (tertiary/aromatic N) is 1. The van der Waals surface area contributed by atoms with Gasteiger partial charge in [0, 0.05) is 31.4 Å². The molecule has 0 radical (unpaired) electrons. The summed E-state index contributed by atoms with van der Waals surface area (Å²) < 4.78 is 5.54. The highest BCUT2D eigenvalue weighted by Gasteiger charge is 2.30. The van der Waals surface area contributed by atoms with Crippen molar-refractivity contribution in [1.29, 1.82) is 0 Å². The Balaban J connectivity index is 1.48. The first-order valence-corrected chi connectivity index (χ1v) is 8.19. The smallest absolute Gasteiger partial charge is 0.240 e. The summed E-state index contributed by atoms with van der Waals surface area (Å²) in [4.78, 5) is 14.7. The Labute approximate surface area is 132 Å². The SMILES string of the molecule is C[C@H]1OCCN[C@@H]1C(=O)NC1CCN(c2ccccc2)CC1. The van der Waals surface area contributed by atoms with E-state index in [1.807, 2.05) is 13.0 Å². The van der Waals surface area contributed by atoms with Gasteiger partial charge >= 0.3 is 0 Å². The van der Waals surface area contributed by atoms with E-state index in [1.54, 1.807) is 0 Å². The van der Waals surface area contributed by atoms with Gasteiger partial charge in [0.1, 0.15) is 6.04 Å². The molecule has 1 aromatic carbocycles. The van der Waals surface area contributed by atoms with Crippen LogP contribution >= 0.6 is 0 Å². The number of carbonyl (C=O) groups is 1. The molecule has 5 heteroatoms. The van der Waals surface area contributed by atoms with Crippen molar-refractivity contribution in [2.45, 2.75) is 38.0 Å². The topological polar surface area (TPSA) is 53.6 Å². The molecule has 2 saturated heterocycles. The van der Waals surface area contributed by atoms with Gasteiger partial charge in [0.15, 0.2) is 0 Å². The average molecular weight is 303 g/mol. The van der Waals surface area contributed by atoms with Gasteiger partial charge in [-0.3, -0.25) is 4.79 Å². The minimum atomic E-state index is -0.221. The van der Waals surface area contributed by atoms with Crippen molar-refractivity contribution in [3.8, 4) is 0 Å².